The van der Waals surface area contributed by atoms with Gasteiger partial charge in [0, 0.05) is 12.6 Å². The van der Waals surface area contributed by atoms with E-state index in [4.69, 9.17) is 4.74 Å². The zero-order chi connectivity index (χ0) is 19.2. The summed E-state index contributed by atoms with van der Waals surface area (Å²) in [6, 6.07) is 11.0. The van der Waals surface area contributed by atoms with Gasteiger partial charge in [-0.25, -0.2) is 0 Å². The van der Waals surface area contributed by atoms with Crippen molar-refractivity contribution < 1.29 is 27.5 Å². The largest absolute Gasteiger partial charge is 0.484 e. The van der Waals surface area contributed by atoms with E-state index in [0.717, 1.165) is 18.2 Å². The standard InChI is InChI=1S/C19H16F3NO3/c1-23-18(25)12-26-15-9-6-14(7-10-15)17(24)11-8-13-4-2-3-5-16(13)19(20,21)22/h2-11H,12H2,1H3,(H,23,25)/b11-8+. The molecule has 0 aliphatic rings. The Morgan fingerprint density at radius 2 is 1.73 bits per heavy atom. The Hall–Kier alpha value is -3.09. The van der Waals surface area contributed by atoms with Crippen molar-refractivity contribution in [2.75, 3.05) is 13.7 Å². The molecule has 2 aromatic rings. The van der Waals surface area contributed by atoms with E-state index in [1.165, 1.54) is 49.5 Å². The number of allylic oxidation sites excluding steroid dienone is 1. The lowest BCUT2D eigenvalue weighted by atomic mass is 10.0. The van der Waals surface area contributed by atoms with E-state index in [9.17, 15) is 22.8 Å². The molecule has 26 heavy (non-hydrogen) atoms. The predicted molar refractivity (Wildman–Crippen MR) is 90.8 cm³/mol. The number of likely N-dealkylation sites (N-methyl/N-ethyl adjacent to an activating group) is 1. The van der Waals surface area contributed by atoms with Gasteiger partial charge in [0.2, 0.25) is 0 Å². The van der Waals surface area contributed by atoms with Crippen LogP contribution in [0.25, 0.3) is 6.08 Å². The molecule has 0 saturated heterocycles. The fourth-order valence-electron chi connectivity index (χ4n) is 2.10. The average molecular weight is 363 g/mol. The van der Waals surface area contributed by atoms with Crippen LogP contribution in [0.2, 0.25) is 0 Å². The van der Waals surface area contributed by atoms with Gasteiger partial charge in [0.15, 0.2) is 12.4 Å². The van der Waals surface area contributed by atoms with E-state index in [-0.39, 0.29) is 23.6 Å². The summed E-state index contributed by atoms with van der Waals surface area (Å²) in [4.78, 5) is 23.2. The summed E-state index contributed by atoms with van der Waals surface area (Å²) in [6.45, 7) is -0.155. The zero-order valence-corrected chi connectivity index (χ0v) is 13.8. The van der Waals surface area contributed by atoms with Crippen LogP contribution >= 0.6 is 0 Å². The fourth-order valence-corrected chi connectivity index (χ4v) is 2.10. The summed E-state index contributed by atoms with van der Waals surface area (Å²) < 4.78 is 44.0. The van der Waals surface area contributed by atoms with Crippen LogP contribution in [0, 0.1) is 0 Å². The van der Waals surface area contributed by atoms with Crippen LogP contribution in [-0.4, -0.2) is 25.3 Å². The number of rotatable bonds is 6. The van der Waals surface area contributed by atoms with Gasteiger partial charge in [-0.05, 0) is 42.0 Å². The maximum atomic E-state index is 12.9. The van der Waals surface area contributed by atoms with E-state index < -0.39 is 17.5 Å². The molecular weight excluding hydrogens is 347 g/mol. The van der Waals surface area contributed by atoms with Crippen LogP contribution in [0.4, 0.5) is 13.2 Å². The third kappa shape index (κ3) is 5.20. The smallest absolute Gasteiger partial charge is 0.416 e. The third-order valence-electron chi connectivity index (χ3n) is 3.47. The first-order chi connectivity index (χ1) is 12.3. The monoisotopic (exact) mass is 363 g/mol. The van der Waals surface area contributed by atoms with Gasteiger partial charge < -0.3 is 10.1 Å². The summed E-state index contributed by atoms with van der Waals surface area (Å²) in [5.41, 5.74) is -0.598. The molecule has 0 aromatic heterocycles. The lowest BCUT2D eigenvalue weighted by molar-refractivity contribution is -0.137. The summed E-state index contributed by atoms with van der Waals surface area (Å²) in [5.74, 6) is -0.340. The number of benzene rings is 2. The molecule has 0 fully saturated rings. The molecule has 2 rings (SSSR count). The SMILES string of the molecule is CNC(=O)COc1ccc(C(=O)/C=C/c2ccccc2C(F)(F)F)cc1. The van der Waals surface area contributed by atoms with Crippen molar-refractivity contribution in [1.29, 1.82) is 0 Å². The number of alkyl halides is 3. The molecule has 0 spiro atoms. The Balaban J connectivity index is 2.09. The highest BCUT2D eigenvalue weighted by molar-refractivity contribution is 6.06. The fraction of sp³-hybridized carbons (Fsp3) is 0.158. The second kappa shape index (κ2) is 8.33. The molecule has 0 radical (unpaired) electrons. The topological polar surface area (TPSA) is 55.4 Å². The molecule has 136 valence electrons. The minimum atomic E-state index is -4.49. The minimum absolute atomic E-state index is 0.0844. The van der Waals surface area contributed by atoms with E-state index in [2.05, 4.69) is 5.32 Å². The minimum Gasteiger partial charge on any atom is -0.484 e. The highest BCUT2D eigenvalue weighted by Crippen LogP contribution is 2.32. The van der Waals surface area contributed by atoms with Gasteiger partial charge in [-0.2, -0.15) is 13.2 Å². The molecule has 0 aliphatic carbocycles. The molecule has 0 bridgehead atoms. The molecule has 0 aliphatic heterocycles. The number of ether oxygens (including phenoxy) is 1. The van der Waals surface area contributed by atoms with Crippen molar-refractivity contribution in [1.82, 2.24) is 5.32 Å². The molecular formula is C19H16F3NO3. The van der Waals surface area contributed by atoms with E-state index in [0.29, 0.717) is 5.75 Å². The van der Waals surface area contributed by atoms with Crippen LogP contribution in [0.15, 0.2) is 54.6 Å². The first-order valence-electron chi connectivity index (χ1n) is 7.63. The molecule has 0 heterocycles. The van der Waals surface area contributed by atoms with Crippen molar-refractivity contribution in [3.05, 3.63) is 71.3 Å². The van der Waals surface area contributed by atoms with Gasteiger partial charge in [0.1, 0.15) is 5.75 Å². The van der Waals surface area contributed by atoms with Crippen molar-refractivity contribution in [2.24, 2.45) is 0 Å². The molecule has 1 amide bonds. The first-order valence-corrected chi connectivity index (χ1v) is 7.63. The van der Waals surface area contributed by atoms with Gasteiger partial charge in [0.05, 0.1) is 5.56 Å². The predicted octanol–water partition coefficient (Wildman–Crippen LogP) is 3.73. The number of carbonyl (C=O) groups excluding carboxylic acids is 2. The molecule has 0 unspecified atom stereocenters. The second-order valence-corrected chi connectivity index (χ2v) is 5.27. The number of halogens is 3. The molecule has 4 nitrogen and oxygen atoms in total. The lowest BCUT2D eigenvalue weighted by Crippen LogP contribution is -2.24. The van der Waals surface area contributed by atoms with Crippen molar-refractivity contribution >= 4 is 17.8 Å². The van der Waals surface area contributed by atoms with E-state index in [1.807, 2.05) is 0 Å². The summed E-state index contributed by atoms with van der Waals surface area (Å²) in [7, 11) is 1.48. The number of amides is 1. The second-order valence-electron chi connectivity index (χ2n) is 5.27. The highest BCUT2D eigenvalue weighted by Gasteiger charge is 2.32. The van der Waals surface area contributed by atoms with Crippen LogP contribution in [0.3, 0.4) is 0 Å². The van der Waals surface area contributed by atoms with Gasteiger partial charge in [-0.15, -0.1) is 0 Å². The summed E-state index contributed by atoms with van der Waals surface area (Å²) in [6.07, 6.45) is -2.26. The lowest BCUT2D eigenvalue weighted by Gasteiger charge is -2.09. The maximum absolute atomic E-state index is 12.9. The third-order valence-corrected chi connectivity index (χ3v) is 3.47. The Labute approximate surface area is 148 Å². The van der Waals surface area contributed by atoms with Crippen molar-refractivity contribution in [3.63, 3.8) is 0 Å². The number of hydrogen-bond acceptors (Lipinski definition) is 3. The zero-order valence-electron chi connectivity index (χ0n) is 13.8. The Morgan fingerprint density at radius 3 is 2.35 bits per heavy atom. The quantitative estimate of drug-likeness (QED) is 0.629. The highest BCUT2D eigenvalue weighted by atomic mass is 19.4. The maximum Gasteiger partial charge on any atom is 0.416 e. The Morgan fingerprint density at radius 1 is 1.08 bits per heavy atom. The van der Waals surface area contributed by atoms with Crippen LogP contribution in [-0.2, 0) is 11.0 Å². The molecule has 2 aromatic carbocycles. The van der Waals surface area contributed by atoms with Crippen LogP contribution in [0.5, 0.6) is 5.75 Å². The summed E-state index contributed by atoms with van der Waals surface area (Å²) >= 11 is 0. The number of carbonyl (C=O) groups is 2. The van der Waals surface area contributed by atoms with E-state index in [1.54, 1.807) is 0 Å². The normalized spacial score (nSPS) is 11.4. The van der Waals surface area contributed by atoms with Crippen LogP contribution in [0.1, 0.15) is 21.5 Å². The van der Waals surface area contributed by atoms with Gasteiger partial charge in [-0.1, -0.05) is 24.3 Å². The molecule has 0 atom stereocenters. The number of ketones is 1. The first kappa shape index (κ1) is 19.2. The Kier molecular flexibility index (Phi) is 6.16. The molecule has 7 heteroatoms. The van der Waals surface area contributed by atoms with E-state index >= 15 is 0 Å². The van der Waals surface area contributed by atoms with Gasteiger partial charge in [-0.3, -0.25) is 9.59 Å². The Bertz CT molecular complexity index is 812. The number of hydrogen-bond donors (Lipinski definition) is 1. The average Bonchev–Trinajstić information content (AvgIpc) is 2.64. The molecule has 0 saturated carbocycles. The van der Waals surface area contributed by atoms with Crippen molar-refractivity contribution in [2.45, 2.75) is 6.18 Å². The summed E-state index contributed by atoms with van der Waals surface area (Å²) in [5, 5.41) is 2.40. The molecule has 1 N–H and O–H groups in total. The van der Waals surface area contributed by atoms with Gasteiger partial charge >= 0.3 is 6.18 Å². The van der Waals surface area contributed by atoms with Crippen molar-refractivity contribution in [3.8, 4) is 5.75 Å². The number of nitrogens with one attached hydrogen (secondary N) is 1. The van der Waals surface area contributed by atoms with Crippen LogP contribution < -0.4 is 10.1 Å². The van der Waals surface area contributed by atoms with Gasteiger partial charge in [0.25, 0.3) is 5.91 Å².